The summed E-state index contributed by atoms with van der Waals surface area (Å²) in [5.74, 6) is 1.93. The van der Waals surface area contributed by atoms with Crippen molar-refractivity contribution in [2.75, 3.05) is 20.3 Å². The van der Waals surface area contributed by atoms with E-state index in [9.17, 15) is 9.59 Å². The first-order valence-electron chi connectivity index (χ1n) is 13.5. The van der Waals surface area contributed by atoms with Crippen LogP contribution < -0.4 is 19.6 Å². The zero-order valence-corrected chi connectivity index (χ0v) is 24.2. The molecule has 0 spiro atoms. The third-order valence-corrected chi connectivity index (χ3v) is 5.67. The Morgan fingerprint density at radius 2 is 1.51 bits per heavy atom. The minimum Gasteiger partial charge on any atom is -0.494 e. The van der Waals surface area contributed by atoms with Crippen LogP contribution in [0.1, 0.15) is 76.7 Å². The van der Waals surface area contributed by atoms with Crippen LogP contribution in [-0.4, -0.2) is 61.6 Å². The topological polar surface area (TPSA) is 98.7 Å². The molecule has 2 rings (SSSR count). The molecule has 0 aliphatic rings. The number of carbonyl (C=O) groups is 2. The van der Waals surface area contributed by atoms with Crippen LogP contribution in [0.25, 0.3) is 0 Å². The van der Waals surface area contributed by atoms with Gasteiger partial charge in [0.1, 0.15) is 5.75 Å². The fraction of sp³-hybridized carbons (Fsp3) is 0.500. The van der Waals surface area contributed by atoms with E-state index < -0.39 is 6.09 Å². The maximum atomic E-state index is 13.0. The molecule has 0 radical (unpaired) electrons. The third kappa shape index (κ3) is 10.9. The molecular formula is C30H43N3O6. The van der Waals surface area contributed by atoms with E-state index >= 15 is 0 Å². The van der Waals surface area contributed by atoms with Crippen molar-refractivity contribution < 1.29 is 28.5 Å². The largest absolute Gasteiger partial charge is 0.494 e. The highest BCUT2D eigenvalue weighted by Crippen LogP contribution is 2.29. The highest BCUT2D eigenvalue weighted by Gasteiger charge is 2.22. The molecule has 1 N–H and O–H groups in total. The van der Waals surface area contributed by atoms with Crippen molar-refractivity contribution in [3.63, 3.8) is 0 Å². The number of nitrogens with zero attached hydrogens (tertiary/aromatic N) is 2. The van der Waals surface area contributed by atoms with Gasteiger partial charge in [-0.3, -0.25) is 4.79 Å². The number of benzene rings is 2. The van der Waals surface area contributed by atoms with Crippen LogP contribution in [0.5, 0.6) is 17.2 Å². The van der Waals surface area contributed by atoms with E-state index in [0.29, 0.717) is 30.3 Å². The lowest BCUT2D eigenvalue weighted by molar-refractivity contribution is 0.0643. The second kappa shape index (κ2) is 16.3. The Bertz CT molecular complexity index is 1060. The summed E-state index contributed by atoms with van der Waals surface area (Å²) in [5, 5.41) is 3.87. The third-order valence-electron chi connectivity index (χ3n) is 5.67. The number of nitrogens with one attached hydrogen (secondary N) is 1. The molecule has 2 amide bonds. The van der Waals surface area contributed by atoms with Crippen LogP contribution >= 0.6 is 0 Å². The van der Waals surface area contributed by atoms with E-state index in [1.807, 2.05) is 56.9 Å². The minimum absolute atomic E-state index is 0.0201. The fourth-order valence-electron chi connectivity index (χ4n) is 3.94. The summed E-state index contributed by atoms with van der Waals surface area (Å²) in [4.78, 5) is 26.2. The smallest absolute Gasteiger partial charge is 0.427 e. The molecule has 0 aliphatic heterocycles. The predicted octanol–water partition coefficient (Wildman–Crippen LogP) is 6.05. The van der Waals surface area contributed by atoms with Crippen LogP contribution in [0, 0.1) is 0 Å². The van der Waals surface area contributed by atoms with E-state index in [-0.39, 0.29) is 24.1 Å². The Kier molecular flexibility index (Phi) is 13.1. The van der Waals surface area contributed by atoms with E-state index in [1.165, 1.54) is 6.21 Å². The lowest BCUT2D eigenvalue weighted by Gasteiger charge is -2.31. The van der Waals surface area contributed by atoms with Crippen molar-refractivity contribution in [3.05, 3.63) is 53.6 Å². The normalized spacial score (nSPS) is 11.2. The average molecular weight is 542 g/mol. The van der Waals surface area contributed by atoms with Crippen molar-refractivity contribution in [1.82, 2.24) is 10.3 Å². The number of rotatable bonds is 15. The van der Waals surface area contributed by atoms with Gasteiger partial charge >= 0.3 is 6.09 Å². The summed E-state index contributed by atoms with van der Waals surface area (Å²) in [6, 6.07) is 13.0. The van der Waals surface area contributed by atoms with Crippen molar-refractivity contribution in [3.8, 4) is 17.2 Å². The SMILES string of the molecule is COc1cc(C(=O)N(C(C)C)C(C)C)ccc1OCCCCCOc1ccc(C=NNC(=O)OC(C)C)cc1. The Balaban J connectivity index is 1.71. The monoisotopic (exact) mass is 541 g/mol. The lowest BCUT2D eigenvalue weighted by atomic mass is 10.1. The summed E-state index contributed by atoms with van der Waals surface area (Å²) in [5.41, 5.74) is 3.73. The van der Waals surface area contributed by atoms with Crippen LogP contribution in [0.2, 0.25) is 0 Å². The van der Waals surface area contributed by atoms with E-state index in [0.717, 1.165) is 30.6 Å². The van der Waals surface area contributed by atoms with Gasteiger partial charge in [0.2, 0.25) is 0 Å². The molecule has 39 heavy (non-hydrogen) atoms. The van der Waals surface area contributed by atoms with Gasteiger partial charge in [0.05, 0.1) is 32.6 Å². The predicted molar refractivity (Wildman–Crippen MR) is 153 cm³/mol. The number of methoxy groups -OCH3 is 1. The van der Waals surface area contributed by atoms with Crippen molar-refractivity contribution in [1.29, 1.82) is 0 Å². The summed E-state index contributed by atoms with van der Waals surface area (Å²) in [7, 11) is 1.58. The molecule has 214 valence electrons. The van der Waals surface area contributed by atoms with Gasteiger partial charge < -0.3 is 23.8 Å². The van der Waals surface area contributed by atoms with Gasteiger partial charge in [-0.05, 0) is 109 Å². The van der Waals surface area contributed by atoms with Gasteiger partial charge in [0.15, 0.2) is 11.5 Å². The average Bonchev–Trinajstić information content (AvgIpc) is 2.88. The molecule has 0 aliphatic carbocycles. The zero-order valence-electron chi connectivity index (χ0n) is 24.2. The first-order chi connectivity index (χ1) is 18.6. The summed E-state index contributed by atoms with van der Waals surface area (Å²) in [6.45, 7) is 12.7. The molecule has 9 nitrogen and oxygen atoms in total. The molecule has 0 heterocycles. The van der Waals surface area contributed by atoms with Crippen molar-refractivity contribution >= 4 is 18.2 Å². The zero-order chi connectivity index (χ0) is 28.8. The molecule has 0 saturated carbocycles. The molecule has 0 unspecified atom stereocenters. The van der Waals surface area contributed by atoms with Gasteiger partial charge in [-0.2, -0.15) is 5.10 Å². The maximum absolute atomic E-state index is 13.0. The minimum atomic E-state index is -0.588. The maximum Gasteiger partial charge on any atom is 0.427 e. The van der Waals surface area contributed by atoms with Crippen LogP contribution in [0.4, 0.5) is 4.79 Å². The molecule has 2 aromatic rings. The molecule has 0 saturated heterocycles. The first-order valence-corrected chi connectivity index (χ1v) is 13.5. The molecule has 0 atom stereocenters. The number of hydrazone groups is 1. The van der Waals surface area contributed by atoms with Crippen LogP contribution in [0.15, 0.2) is 47.6 Å². The fourth-order valence-corrected chi connectivity index (χ4v) is 3.94. The van der Waals surface area contributed by atoms with E-state index in [2.05, 4.69) is 10.5 Å². The van der Waals surface area contributed by atoms with E-state index in [1.54, 1.807) is 39.2 Å². The number of hydrogen-bond donors (Lipinski definition) is 1. The summed E-state index contributed by atoms with van der Waals surface area (Å²) >= 11 is 0. The Morgan fingerprint density at radius 3 is 2.10 bits per heavy atom. The number of unbranched alkanes of at least 4 members (excludes halogenated alkanes) is 2. The molecule has 9 heteroatoms. The van der Waals surface area contributed by atoms with E-state index in [4.69, 9.17) is 18.9 Å². The van der Waals surface area contributed by atoms with Gasteiger partial charge in [-0.25, -0.2) is 10.2 Å². The standard InChI is InChI=1S/C30H43N3O6/c1-21(2)33(22(3)4)29(34)25-13-16-27(28(19-25)36-7)38-18-10-8-9-17-37-26-14-11-24(12-15-26)20-31-32-30(35)39-23(5)6/h11-16,19-23H,8-10,17-18H2,1-7H3,(H,32,35). The molecule has 2 aromatic carbocycles. The number of ether oxygens (including phenoxy) is 4. The van der Waals surface area contributed by atoms with Gasteiger partial charge in [-0.15, -0.1) is 0 Å². The highest BCUT2D eigenvalue weighted by atomic mass is 16.6. The summed E-state index contributed by atoms with van der Waals surface area (Å²) in [6.07, 6.45) is 3.45. The number of hydrogen-bond acceptors (Lipinski definition) is 7. The van der Waals surface area contributed by atoms with Gasteiger partial charge in [0, 0.05) is 17.6 Å². The Labute approximate surface area is 232 Å². The molecule has 0 bridgehead atoms. The molecule has 0 fully saturated rings. The Hall–Kier alpha value is -3.75. The second-order valence-corrected chi connectivity index (χ2v) is 9.92. The number of carbonyl (C=O) groups excluding carboxylic acids is 2. The van der Waals surface area contributed by atoms with Gasteiger partial charge in [0.25, 0.3) is 5.91 Å². The number of amides is 2. The quantitative estimate of drug-likeness (QED) is 0.167. The lowest BCUT2D eigenvalue weighted by Crippen LogP contribution is -2.42. The Morgan fingerprint density at radius 1 is 0.872 bits per heavy atom. The summed E-state index contributed by atoms with van der Waals surface area (Å²) < 4.78 is 22.2. The van der Waals surface area contributed by atoms with Gasteiger partial charge in [-0.1, -0.05) is 0 Å². The first kappa shape index (κ1) is 31.5. The molecule has 0 aromatic heterocycles. The highest BCUT2D eigenvalue weighted by molar-refractivity contribution is 5.95. The second-order valence-electron chi connectivity index (χ2n) is 9.92. The van der Waals surface area contributed by atoms with Crippen LogP contribution in [0.3, 0.4) is 0 Å². The van der Waals surface area contributed by atoms with Crippen molar-refractivity contribution in [2.45, 2.75) is 79.0 Å². The van der Waals surface area contributed by atoms with Crippen molar-refractivity contribution in [2.24, 2.45) is 5.10 Å². The van der Waals surface area contributed by atoms with Crippen LogP contribution in [-0.2, 0) is 4.74 Å². The molecular weight excluding hydrogens is 498 g/mol.